The van der Waals surface area contributed by atoms with Crippen LogP contribution in [0.25, 0.3) is 16.3 Å². The maximum absolute atomic E-state index is 13.2. The van der Waals surface area contributed by atoms with E-state index < -0.39 is 0 Å². The van der Waals surface area contributed by atoms with Crippen molar-refractivity contribution in [1.29, 1.82) is 0 Å². The number of amides is 1. The third-order valence-electron chi connectivity index (χ3n) is 3.46. The smallest absolute Gasteiger partial charge is 0.270 e. The molecule has 3 aromatic rings. The zero-order valence-corrected chi connectivity index (χ0v) is 14.3. The second-order valence-electron chi connectivity index (χ2n) is 5.88. The van der Waals surface area contributed by atoms with Gasteiger partial charge in [-0.25, -0.2) is 9.07 Å². The number of benzene rings is 1. The van der Waals surface area contributed by atoms with Crippen molar-refractivity contribution >= 4 is 17.2 Å². The molecule has 124 valence electrons. The fourth-order valence-corrected chi connectivity index (χ4v) is 2.94. The molecular formula is C18H18FN3OS. The van der Waals surface area contributed by atoms with Gasteiger partial charge in [0.1, 0.15) is 17.2 Å². The fourth-order valence-electron chi connectivity index (χ4n) is 2.25. The average molecular weight is 343 g/mol. The summed E-state index contributed by atoms with van der Waals surface area (Å²) >= 11 is 1.56. The van der Waals surface area contributed by atoms with Crippen LogP contribution in [0.15, 0.2) is 47.8 Å². The van der Waals surface area contributed by atoms with E-state index in [0.717, 1.165) is 10.6 Å². The highest BCUT2D eigenvalue weighted by atomic mass is 32.1. The van der Waals surface area contributed by atoms with Crippen LogP contribution in [0.5, 0.6) is 0 Å². The van der Waals surface area contributed by atoms with E-state index in [-0.39, 0.29) is 11.7 Å². The summed E-state index contributed by atoms with van der Waals surface area (Å²) in [5.41, 5.74) is 1.81. The lowest BCUT2D eigenvalue weighted by Gasteiger charge is -2.09. The molecule has 6 heteroatoms. The maximum Gasteiger partial charge on any atom is 0.270 e. The summed E-state index contributed by atoms with van der Waals surface area (Å²) < 4.78 is 14.8. The van der Waals surface area contributed by atoms with E-state index >= 15 is 0 Å². The quantitative estimate of drug-likeness (QED) is 0.757. The highest BCUT2D eigenvalue weighted by molar-refractivity contribution is 7.13. The van der Waals surface area contributed by atoms with Crippen LogP contribution < -0.4 is 5.32 Å². The third kappa shape index (κ3) is 3.54. The van der Waals surface area contributed by atoms with E-state index in [1.165, 1.54) is 12.1 Å². The van der Waals surface area contributed by atoms with Gasteiger partial charge in [0.15, 0.2) is 0 Å². The molecule has 0 radical (unpaired) electrons. The molecule has 0 aliphatic rings. The zero-order chi connectivity index (χ0) is 17.1. The van der Waals surface area contributed by atoms with E-state index in [1.807, 2.05) is 31.4 Å². The number of hydrogen-bond donors (Lipinski definition) is 1. The number of carbonyl (C=O) groups is 1. The number of rotatable bonds is 5. The third-order valence-corrected chi connectivity index (χ3v) is 4.35. The Morgan fingerprint density at radius 2 is 2.04 bits per heavy atom. The summed E-state index contributed by atoms with van der Waals surface area (Å²) in [5, 5.41) is 9.42. The van der Waals surface area contributed by atoms with Crippen molar-refractivity contribution in [2.75, 3.05) is 6.54 Å². The highest BCUT2D eigenvalue weighted by Crippen LogP contribution is 2.25. The average Bonchev–Trinajstić information content (AvgIpc) is 3.22. The summed E-state index contributed by atoms with van der Waals surface area (Å²) in [4.78, 5) is 13.5. The van der Waals surface area contributed by atoms with Gasteiger partial charge in [0.2, 0.25) is 0 Å². The van der Waals surface area contributed by atoms with Gasteiger partial charge >= 0.3 is 0 Å². The molecule has 0 saturated carbocycles. The van der Waals surface area contributed by atoms with Gasteiger partial charge in [-0.3, -0.25) is 4.79 Å². The van der Waals surface area contributed by atoms with E-state index in [2.05, 4.69) is 10.4 Å². The predicted molar refractivity (Wildman–Crippen MR) is 94.0 cm³/mol. The van der Waals surface area contributed by atoms with Crippen LogP contribution in [0.4, 0.5) is 4.39 Å². The Kier molecular flexibility index (Phi) is 4.76. The number of halogens is 1. The lowest BCUT2D eigenvalue weighted by molar-refractivity contribution is 0.0941. The molecule has 1 N–H and O–H groups in total. The molecule has 0 fully saturated rings. The van der Waals surface area contributed by atoms with Crippen LogP contribution in [0.2, 0.25) is 0 Å². The van der Waals surface area contributed by atoms with Crippen molar-refractivity contribution in [3.8, 4) is 16.3 Å². The largest absolute Gasteiger partial charge is 0.350 e. The van der Waals surface area contributed by atoms with E-state index in [0.29, 0.717) is 23.8 Å². The molecule has 0 atom stereocenters. The standard InChI is InChI=1S/C18H18FN3OS/c1-12(2)11-20-18(23)16-10-15(17-4-3-9-24-17)21-22(16)14-7-5-13(19)6-8-14/h3-10,12H,11H2,1-2H3,(H,20,23). The minimum atomic E-state index is -0.324. The van der Waals surface area contributed by atoms with Crippen LogP contribution in [0, 0.1) is 11.7 Å². The Bertz CT molecular complexity index is 823. The summed E-state index contributed by atoms with van der Waals surface area (Å²) in [5.74, 6) is -0.161. The summed E-state index contributed by atoms with van der Waals surface area (Å²) in [6.45, 7) is 4.66. The minimum Gasteiger partial charge on any atom is -0.350 e. The molecule has 1 aromatic carbocycles. The Hall–Kier alpha value is -2.47. The molecule has 3 rings (SSSR count). The fraction of sp³-hybridized carbons (Fsp3) is 0.222. The number of thiophene rings is 1. The first kappa shape index (κ1) is 16.4. The molecule has 0 aliphatic carbocycles. The molecule has 0 saturated heterocycles. The minimum absolute atomic E-state index is 0.191. The van der Waals surface area contributed by atoms with Crippen LogP contribution in [-0.2, 0) is 0 Å². The Morgan fingerprint density at radius 1 is 1.29 bits per heavy atom. The molecule has 0 bridgehead atoms. The highest BCUT2D eigenvalue weighted by Gasteiger charge is 2.18. The van der Waals surface area contributed by atoms with Crippen molar-refractivity contribution in [2.24, 2.45) is 5.92 Å². The van der Waals surface area contributed by atoms with Crippen molar-refractivity contribution in [1.82, 2.24) is 15.1 Å². The molecule has 1 amide bonds. The second kappa shape index (κ2) is 6.97. The van der Waals surface area contributed by atoms with Crippen molar-refractivity contribution < 1.29 is 9.18 Å². The van der Waals surface area contributed by atoms with Crippen LogP contribution >= 0.6 is 11.3 Å². The van der Waals surface area contributed by atoms with Crippen LogP contribution in [0.1, 0.15) is 24.3 Å². The van der Waals surface area contributed by atoms with Gasteiger partial charge in [-0.05, 0) is 47.7 Å². The molecular weight excluding hydrogens is 325 g/mol. The molecule has 2 heterocycles. The number of aromatic nitrogens is 2. The van der Waals surface area contributed by atoms with Gasteiger partial charge in [0.25, 0.3) is 5.91 Å². The van der Waals surface area contributed by atoms with Gasteiger partial charge in [0.05, 0.1) is 10.6 Å². The number of hydrogen-bond acceptors (Lipinski definition) is 3. The van der Waals surface area contributed by atoms with Crippen molar-refractivity contribution in [2.45, 2.75) is 13.8 Å². The lowest BCUT2D eigenvalue weighted by Crippen LogP contribution is -2.29. The van der Waals surface area contributed by atoms with Gasteiger partial charge in [-0.2, -0.15) is 5.10 Å². The summed E-state index contributed by atoms with van der Waals surface area (Å²) in [7, 11) is 0. The van der Waals surface area contributed by atoms with Crippen molar-refractivity contribution in [3.05, 3.63) is 59.4 Å². The van der Waals surface area contributed by atoms with E-state index in [4.69, 9.17) is 0 Å². The van der Waals surface area contributed by atoms with Gasteiger partial charge in [-0.1, -0.05) is 19.9 Å². The SMILES string of the molecule is CC(C)CNC(=O)c1cc(-c2cccs2)nn1-c1ccc(F)cc1. The molecule has 0 unspecified atom stereocenters. The maximum atomic E-state index is 13.2. The molecule has 0 spiro atoms. The second-order valence-corrected chi connectivity index (χ2v) is 6.83. The van der Waals surface area contributed by atoms with Gasteiger partial charge in [0, 0.05) is 6.54 Å². The van der Waals surface area contributed by atoms with E-state index in [1.54, 1.807) is 34.2 Å². The summed E-state index contributed by atoms with van der Waals surface area (Å²) in [6, 6.07) is 11.6. The molecule has 4 nitrogen and oxygen atoms in total. The Morgan fingerprint density at radius 3 is 2.67 bits per heavy atom. The number of nitrogens with one attached hydrogen (secondary N) is 1. The van der Waals surface area contributed by atoms with Crippen molar-refractivity contribution in [3.63, 3.8) is 0 Å². The molecule has 24 heavy (non-hydrogen) atoms. The zero-order valence-electron chi connectivity index (χ0n) is 13.5. The molecule has 0 aliphatic heterocycles. The van der Waals surface area contributed by atoms with Crippen LogP contribution in [0.3, 0.4) is 0 Å². The number of carbonyl (C=O) groups excluding carboxylic acids is 1. The van der Waals surface area contributed by atoms with Crippen LogP contribution in [-0.4, -0.2) is 22.2 Å². The lowest BCUT2D eigenvalue weighted by atomic mass is 10.2. The first-order chi connectivity index (χ1) is 11.5. The normalized spacial score (nSPS) is 11.0. The Balaban J connectivity index is 2.01. The monoisotopic (exact) mass is 343 g/mol. The predicted octanol–water partition coefficient (Wildman–Crippen LogP) is 4.13. The van der Waals surface area contributed by atoms with Gasteiger partial charge in [-0.15, -0.1) is 11.3 Å². The first-order valence-corrected chi connectivity index (χ1v) is 8.60. The number of nitrogens with zero attached hydrogens (tertiary/aromatic N) is 2. The summed E-state index contributed by atoms with van der Waals surface area (Å²) in [6.07, 6.45) is 0. The molecule has 2 aromatic heterocycles. The van der Waals surface area contributed by atoms with E-state index in [9.17, 15) is 9.18 Å². The first-order valence-electron chi connectivity index (χ1n) is 7.72. The van der Waals surface area contributed by atoms with Gasteiger partial charge < -0.3 is 5.32 Å². The topological polar surface area (TPSA) is 46.9 Å². The Labute approximate surface area is 143 Å².